The quantitative estimate of drug-likeness (QED) is 0.552. The zero-order chi connectivity index (χ0) is 20.7. The Balaban J connectivity index is 1.70. The van der Waals surface area contributed by atoms with Crippen LogP contribution in [-0.2, 0) is 21.4 Å². The van der Waals surface area contributed by atoms with Crippen LogP contribution in [-0.4, -0.2) is 36.8 Å². The summed E-state index contributed by atoms with van der Waals surface area (Å²) in [5, 5.41) is 6.45. The highest BCUT2D eigenvalue weighted by atomic mass is 16.5. The maximum atomic E-state index is 12.1. The van der Waals surface area contributed by atoms with Crippen LogP contribution in [0.2, 0.25) is 0 Å². The Kier molecular flexibility index (Phi) is 7.20. The smallest absolute Gasteiger partial charge is 0.344 e. The predicted octanol–water partition coefficient (Wildman–Crippen LogP) is 3.19. The molecule has 1 aromatic carbocycles. The highest BCUT2D eigenvalue weighted by Crippen LogP contribution is 2.24. The zero-order valence-electron chi connectivity index (χ0n) is 17.1. The lowest BCUT2D eigenvalue weighted by Gasteiger charge is -2.19. The Labute approximate surface area is 165 Å². The molecule has 2 aromatic rings. The first-order valence-corrected chi connectivity index (χ1v) is 9.34. The van der Waals surface area contributed by atoms with Crippen LogP contribution in [0.1, 0.15) is 55.1 Å². The van der Waals surface area contributed by atoms with Gasteiger partial charge in [0.1, 0.15) is 23.7 Å². The van der Waals surface area contributed by atoms with Crippen LogP contribution >= 0.6 is 0 Å². The van der Waals surface area contributed by atoms with Crippen molar-refractivity contribution < 1.29 is 23.6 Å². The fourth-order valence-corrected chi connectivity index (χ4v) is 2.59. The summed E-state index contributed by atoms with van der Waals surface area (Å²) in [5.41, 5.74) is 2.13. The highest BCUT2D eigenvalue weighted by molar-refractivity contribution is 5.93. The van der Waals surface area contributed by atoms with E-state index in [0.717, 1.165) is 5.75 Å². The molecule has 1 heterocycles. The van der Waals surface area contributed by atoms with Crippen LogP contribution in [0.15, 0.2) is 28.8 Å². The molecule has 1 N–H and O–H groups in total. The molecule has 0 aliphatic carbocycles. The van der Waals surface area contributed by atoms with Crippen LogP contribution in [0.3, 0.4) is 0 Å². The lowest BCUT2D eigenvalue weighted by molar-refractivity contribution is -0.124. The second-order valence-electron chi connectivity index (χ2n) is 7.46. The number of nitrogens with zero attached hydrogens (tertiary/aromatic N) is 1. The van der Waals surface area contributed by atoms with E-state index in [-0.39, 0.29) is 17.6 Å². The summed E-state index contributed by atoms with van der Waals surface area (Å²) < 4.78 is 15.6. The van der Waals surface area contributed by atoms with Crippen molar-refractivity contribution in [2.75, 3.05) is 19.8 Å². The van der Waals surface area contributed by atoms with Gasteiger partial charge in [0.25, 0.3) is 5.91 Å². The monoisotopic (exact) mass is 388 g/mol. The van der Waals surface area contributed by atoms with E-state index in [4.69, 9.17) is 14.0 Å². The van der Waals surface area contributed by atoms with Crippen molar-refractivity contribution in [3.8, 4) is 5.75 Å². The summed E-state index contributed by atoms with van der Waals surface area (Å²) in [6, 6.07) is 7.89. The second kappa shape index (κ2) is 9.39. The number of rotatable bonds is 8. The molecule has 0 saturated carbocycles. The molecule has 0 aliphatic rings. The molecular weight excluding hydrogens is 360 g/mol. The van der Waals surface area contributed by atoms with E-state index in [9.17, 15) is 9.59 Å². The van der Waals surface area contributed by atoms with Crippen LogP contribution in [0.5, 0.6) is 5.75 Å². The Bertz CT molecular complexity index is 803. The van der Waals surface area contributed by atoms with Crippen molar-refractivity contribution in [2.24, 2.45) is 0 Å². The number of esters is 1. The number of aryl methyl sites for hydroxylation is 2. The van der Waals surface area contributed by atoms with Gasteiger partial charge in [-0.25, -0.2) is 4.79 Å². The summed E-state index contributed by atoms with van der Waals surface area (Å²) in [7, 11) is 0. The van der Waals surface area contributed by atoms with E-state index >= 15 is 0 Å². The number of ether oxygens (including phenoxy) is 2. The average molecular weight is 388 g/mol. The number of carbonyl (C=O) groups excluding carboxylic acids is 2. The molecule has 28 heavy (non-hydrogen) atoms. The van der Waals surface area contributed by atoms with Gasteiger partial charge in [-0.15, -0.1) is 0 Å². The molecule has 0 radical (unpaired) electrons. The normalized spacial score (nSPS) is 11.2. The average Bonchev–Trinajstić information content (AvgIpc) is 3.03. The van der Waals surface area contributed by atoms with Crippen LogP contribution in [0.25, 0.3) is 0 Å². The van der Waals surface area contributed by atoms with E-state index < -0.39 is 11.9 Å². The van der Waals surface area contributed by atoms with Gasteiger partial charge in [-0.3, -0.25) is 4.79 Å². The van der Waals surface area contributed by atoms with Crippen molar-refractivity contribution in [3.63, 3.8) is 0 Å². The van der Waals surface area contributed by atoms with Crippen molar-refractivity contribution in [3.05, 3.63) is 46.8 Å². The number of carbonyl (C=O) groups is 2. The van der Waals surface area contributed by atoms with E-state index in [1.807, 2.05) is 31.2 Å². The highest BCUT2D eigenvalue weighted by Gasteiger charge is 2.21. The first-order chi connectivity index (χ1) is 13.2. The first-order valence-electron chi connectivity index (χ1n) is 9.34. The van der Waals surface area contributed by atoms with Gasteiger partial charge in [0, 0.05) is 0 Å². The van der Waals surface area contributed by atoms with E-state index in [1.165, 1.54) is 5.56 Å². The summed E-state index contributed by atoms with van der Waals surface area (Å²) in [6.07, 6.45) is 0.544. The molecule has 7 heteroatoms. The van der Waals surface area contributed by atoms with Crippen molar-refractivity contribution >= 4 is 11.9 Å². The van der Waals surface area contributed by atoms with Crippen molar-refractivity contribution in [1.82, 2.24) is 10.5 Å². The van der Waals surface area contributed by atoms with Gasteiger partial charge < -0.3 is 19.3 Å². The number of hydrogen-bond donors (Lipinski definition) is 1. The third kappa shape index (κ3) is 5.84. The van der Waals surface area contributed by atoms with Gasteiger partial charge in [-0.2, -0.15) is 0 Å². The third-order valence-corrected chi connectivity index (χ3v) is 4.22. The fourth-order valence-electron chi connectivity index (χ4n) is 2.59. The largest absolute Gasteiger partial charge is 0.492 e. The van der Waals surface area contributed by atoms with Crippen LogP contribution < -0.4 is 10.1 Å². The first kappa shape index (κ1) is 21.5. The number of nitrogens with one attached hydrogen (secondary N) is 1. The minimum Gasteiger partial charge on any atom is -0.492 e. The fraction of sp³-hybridized carbons (Fsp3) is 0.476. The van der Waals surface area contributed by atoms with Gasteiger partial charge in [-0.05, 0) is 36.5 Å². The molecule has 0 aliphatic heterocycles. The predicted molar refractivity (Wildman–Crippen MR) is 105 cm³/mol. The van der Waals surface area contributed by atoms with Gasteiger partial charge in [-0.1, -0.05) is 45.0 Å². The van der Waals surface area contributed by atoms with E-state index in [1.54, 1.807) is 6.92 Å². The molecule has 152 valence electrons. The van der Waals surface area contributed by atoms with Crippen molar-refractivity contribution in [1.29, 1.82) is 0 Å². The summed E-state index contributed by atoms with van der Waals surface area (Å²) in [4.78, 5) is 23.9. The molecule has 0 unspecified atom stereocenters. The van der Waals surface area contributed by atoms with E-state index in [2.05, 4.69) is 31.2 Å². The molecule has 0 saturated heterocycles. The number of hydrogen-bond acceptors (Lipinski definition) is 6. The van der Waals surface area contributed by atoms with Crippen LogP contribution in [0, 0.1) is 6.92 Å². The van der Waals surface area contributed by atoms with Gasteiger partial charge in [0.05, 0.1) is 12.2 Å². The summed E-state index contributed by atoms with van der Waals surface area (Å²) >= 11 is 0. The Hall–Kier alpha value is -2.83. The lowest BCUT2D eigenvalue weighted by Crippen LogP contribution is -2.32. The number of amides is 1. The number of aromatic nitrogens is 1. The SMILES string of the molecule is CCc1noc(C)c1C(=O)OCC(=O)NCCOc1ccc(C(C)(C)C)cc1. The molecule has 0 atom stereocenters. The topological polar surface area (TPSA) is 90.7 Å². The Morgan fingerprint density at radius 2 is 1.86 bits per heavy atom. The molecule has 0 fully saturated rings. The maximum Gasteiger partial charge on any atom is 0.344 e. The molecule has 0 bridgehead atoms. The minimum atomic E-state index is -0.610. The molecule has 2 rings (SSSR count). The Morgan fingerprint density at radius 1 is 1.18 bits per heavy atom. The minimum absolute atomic E-state index is 0.0902. The Morgan fingerprint density at radius 3 is 2.46 bits per heavy atom. The standard InChI is InChI=1S/C21H28N2O5/c1-6-17-19(14(2)28-23-17)20(25)27-13-18(24)22-11-12-26-16-9-7-15(8-10-16)21(3,4)5/h7-10H,6,11-13H2,1-5H3,(H,22,24). The lowest BCUT2D eigenvalue weighted by atomic mass is 9.87. The maximum absolute atomic E-state index is 12.1. The van der Waals surface area contributed by atoms with Gasteiger partial charge >= 0.3 is 5.97 Å². The van der Waals surface area contributed by atoms with Crippen molar-refractivity contribution in [2.45, 2.75) is 46.5 Å². The zero-order valence-corrected chi connectivity index (χ0v) is 17.1. The van der Waals surface area contributed by atoms with Crippen LogP contribution in [0.4, 0.5) is 0 Å². The molecule has 1 amide bonds. The van der Waals surface area contributed by atoms with Gasteiger partial charge in [0.15, 0.2) is 6.61 Å². The van der Waals surface area contributed by atoms with Gasteiger partial charge in [0.2, 0.25) is 0 Å². The molecule has 0 spiro atoms. The summed E-state index contributed by atoms with van der Waals surface area (Å²) in [6.45, 7) is 10.2. The number of benzene rings is 1. The molecular formula is C21H28N2O5. The molecule has 7 nitrogen and oxygen atoms in total. The summed E-state index contributed by atoms with van der Waals surface area (Å²) in [5.74, 6) is 0.116. The third-order valence-electron chi connectivity index (χ3n) is 4.22. The van der Waals surface area contributed by atoms with E-state index in [0.29, 0.717) is 31.0 Å². The second-order valence-corrected chi connectivity index (χ2v) is 7.46. The molecule has 1 aromatic heterocycles.